The lowest BCUT2D eigenvalue weighted by Crippen LogP contribution is -2.40. The third-order valence-electron chi connectivity index (χ3n) is 5.53. The number of hydrogen-bond donors (Lipinski definition) is 2. The molecule has 2 aliphatic rings. The van der Waals surface area contributed by atoms with Crippen molar-refractivity contribution in [1.29, 1.82) is 0 Å². The number of rotatable bonds is 3. The number of likely N-dealkylation sites (tertiary alicyclic amines) is 1. The maximum atomic E-state index is 13.1. The number of aromatic amines is 1. The molecule has 3 aromatic rings. The molecule has 7 heteroatoms. The van der Waals surface area contributed by atoms with Gasteiger partial charge in [0.05, 0.1) is 11.9 Å². The van der Waals surface area contributed by atoms with E-state index in [1.54, 1.807) is 17.1 Å². The van der Waals surface area contributed by atoms with Gasteiger partial charge in [-0.25, -0.2) is 9.40 Å². The van der Waals surface area contributed by atoms with Crippen LogP contribution in [0.25, 0.3) is 10.9 Å². The summed E-state index contributed by atoms with van der Waals surface area (Å²) in [7, 11) is 0. The van der Waals surface area contributed by atoms with E-state index in [0.29, 0.717) is 12.1 Å². The number of halogens is 1. The maximum absolute atomic E-state index is 13.1. The number of nitrogens with zero attached hydrogens (tertiary/aromatic N) is 2. The van der Waals surface area contributed by atoms with Gasteiger partial charge in [0.1, 0.15) is 11.6 Å². The van der Waals surface area contributed by atoms with E-state index in [-0.39, 0.29) is 17.6 Å². The minimum Gasteiger partial charge on any atom is -0.391 e. The van der Waals surface area contributed by atoms with Gasteiger partial charge in [0, 0.05) is 41.7 Å². The second-order valence-electron chi connectivity index (χ2n) is 7.44. The van der Waals surface area contributed by atoms with Crippen LogP contribution in [0.3, 0.4) is 0 Å². The molecule has 1 saturated heterocycles. The summed E-state index contributed by atoms with van der Waals surface area (Å²) in [5, 5.41) is 2.75. The Bertz CT molecular complexity index is 1080. The maximum Gasteiger partial charge on any atom is 0.253 e. The summed E-state index contributed by atoms with van der Waals surface area (Å²) in [5.41, 5.74) is 5.35. The first-order valence-electron chi connectivity index (χ1n) is 9.73. The average molecular weight is 392 g/mol. The number of nitrogens with one attached hydrogen (secondary N) is 2. The molecule has 1 amide bonds. The van der Waals surface area contributed by atoms with Gasteiger partial charge < -0.3 is 14.7 Å². The molecule has 0 radical (unpaired) electrons. The Labute approximate surface area is 167 Å². The van der Waals surface area contributed by atoms with E-state index in [2.05, 4.69) is 10.6 Å². The standard InChI is InChI=1S/C22H21FN4O2/c23-18-4-6-19(7-5-18)27-14-21(29-25-27)17-2-1-11-26(13-17)22(28)16-3-8-20-15(12-16)9-10-24-20/h3-10,12,14,17,24-25H,1-2,11,13H2. The Morgan fingerprint density at radius 1 is 1.14 bits per heavy atom. The zero-order valence-corrected chi connectivity index (χ0v) is 15.8. The number of aromatic nitrogens is 1. The van der Waals surface area contributed by atoms with Crippen LogP contribution in [0.5, 0.6) is 0 Å². The first-order valence-corrected chi connectivity index (χ1v) is 9.73. The van der Waals surface area contributed by atoms with Crippen LogP contribution < -0.4 is 10.6 Å². The summed E-state index contributed by atoms with van der Waals surface area (Å²) in [6.45, 7) is 1.34. The molecular formula is C22H21FN4O2. The predicted molar refractivity (Wildman–Crippen MR) is 108 cm³/mol. The second kappa shape index (κ2) is 7.25. The van der Waals surface area contributed by atoms with Gasteiger partial charge in [0.25, 0.3) is 5.91 Å². The van der Waals surface area contributed by atoms with Crippen molar-refractivity contribution >= 4 is 22.5 Å². The number of hydrazine groups is 1. The molecule has 0 aliphatic carbocycles. The normalized spacial score (nSPS) is 19.3. The summed E-state index contributed by atoms with van der Waals surface area (Å²) in [5.74, 6) is 0.659. The van der Waals surface area contributed by atoms with E-state index in [4.69, 9.17) is 4.84 Å². The van der Waals surface area contributed by atoms with Gasteiger partial charge in [-0.05, 0) is 61.4 Å². The summed E-state index contributed by atoms with van der Waals surface area (Å²) in [6, 6.07) is 13.9. The molecule has 1 aromatic heterocycles. The SMILES string of the molecule is O=C(c1ccc2[nH]ccc2c1)N1CCCC(C2=CN(c3ccc(F)cc3)NO2)C1. The molecule has 5 rings (SSSR count). The quantitative estimate of drug-likeness (QED) is 0.708. The summed E-state index contributed by atoms with van der Waals surface area (Å²) in [4.78, 5) is 23.8. The van der Waals surface area contributed by atoms with Crippen molar-refractivity contribution in [2.45, 2.75) is 12.8 Å². The number of carbonyl (C=O) groups excluding carboxylic acids is 1. The fourth-order valence-corrected chi connectivity index (χ4v) is 3.96. The van der Waals surface area contributed by atoms with E-state index >= 15 is 0 Å². The molecule has 1 fully saturated rings. The largest absolute Gasteiger partial charge is 0.391 e. The number of hydrogen-bond acceptors (Lipinski definition) is 4. The van der Waals surface area contributed by atoms with Crippen LogP contribution in [0.15, 0.2) is 66.7 Å². The lowest BCUT2D eigenvalue weighted by molar-refractivity contribution is 0.0578. The van der Waals surface area contributed by atoms with E-state index in [1.807, 2.05) is 41.6 Å². The van der Waals surface area contributed by atoms with Crippen LogP contribution in [-0.2, 0) is 4.84 Å². The fraction of sp³-hybridized carbons (Fsp3) is 0.227. The van der Waals surface area contributed by atoms with Crippen molar-refractivity contribution in [3.8, 4) is 0 Å². The van der Waals surface area contributed by atoms with Gasteiger partial charge >= 0.3 is 0 Å². The molecule has 0 saturated carbocycles. The number of piperidine rings is 1. The monoisotopic (exact) mass is 392 g/mol. The zero-order valence-electron chi connectivity index (χ0n) is 15.8. The lowest BCUT2D eigenvalue weighted by atomic mass is 9.95. The average Bonchev–Trinajstić information content (AvgIpc) is 3.43. The topological polar surface area (TPSA) is 60.6 Å². The van der Waals surface area contributed by atoms with Gasteiger partial charge in [-0.3, -0.25) is 4.79 Å². The van der Waals surface area contributed by atoms with E-state index < -0.39 is 0 Å². The highest BCUT2D eigenvalue weighted by molar-refractivity contribution is 5.98. The van der Waals surface area contributed by atoms with E-state index in [9.17, 15) is 9.18 Å². The van der Waals surface area contributed by atoms with Gasteiger partial charge in [-0.2, -0.15) is 0 Å². The number of amides is 1. The molecule has 1 atom stereocenters. The second-order valence-corrected chi connectivity index (χ2v) is 7.44. The number of anilines is 1. The Hall–Kier alpha value is -3.32. The Morgan fingerprint density at radius 3 is 2.86 bits per heavy atom. The highest BCUT2D eigenvalue weighted by Gasteiger charge is 2.31. The molecule has 29 heavy (non-hydrogen) atoms. The van der Waals surface area contributed by atoms with Gasteiger partial charge in [-0.15, -0.1) is 0 Å². The Morgan fingerprint density at radius 2 is 2.00 bits per heavy atom. The van der Waals surface area contributed by atoms with Gasteiger partial charge in [0.2, 0.25) is 0 Å². The van der Waals surface area contributed by atoms with Gasteiger partial charge in [-0.1, -0.05) is 5.59 Å². The third-order valence-corrected chi connectivity index (χ3v) is 5.53. The van der Waals surface area contributed by atoms with E-state index in [1.165, 1.54) is 12.1 Å². The zero-order chi connectivity index (χ0) is 19.8. The van der Waals surface area contributed by atoms with Crippen molar-refractivity contribution in [2.75, 3.05) is 18.1 Å². The Balaban J connectivity index is 1.30. The first-order chi connectivity index (χ1) is 14.2. The van der Waals surface area contributed by atoms with Crippen LogP contribution >= 0.6 is 0 Å². The smallest absolute Gasteiger partial charge is 0.253 e. The van der Waals surface area contributed by atoms with Crippen LogP contribution in [0.4, 0.5) is 10.1 Å². The predicted octanol–water partition coefficient (Wildman–Crippen LogP) is 3.96. The molecule has 6 nitrogen and oxygen atoms in total. The molecular weight excluding hydrogens is 371 g/mol. The highest BCUT2D eigenvalue weighted by atomic mass is 19.1. The number of fused-ring (bicyclic) bond motifs is 1. The van der Waals surface area contributed by atoms with Crippen molar-refractivity contribution in [3.63, 3.8) is 0 Å². The minimum atomic E-state index is -0.280. The fourth-order valence-electron chi connectivity index (χ4n) is 3.96. The first kappa shape index (κ1) is 17.8. The molecule has 3 heterocycles. The van der Waals surface area contributed by atoms with Crippen LogP contribution in [0.1, 0.15) is 23.2 Å². The van der Waals surface area contributed by atoms with Crippen LogP contribution in [-0.4, -0.2) is 28.9 Å². The van der Waals surface area contributed by atoms with Gasteiger partial charge in [0.15, 0.2) is 0 Å². The molecule has 2 aromatic carbocycles. The van der Waals surface area contributed by atoms with Crippen molar-refractivity contribution < 1.29 is 14.0 Å². The molecule has 0 bridgehead atoms. The molecule has 148 valence electrons. The van der Waals surface area contributed by atoms with Crippen molar-refractivity contribution in [2.24, 2.45) is 5.92 Å². The van der Waals surface area contributed by atoms with Crippen molar-refractivity contribution in [3.05, 3.63) is 78.1 Å². The Kier molecular flexibility index (Phi) is 4.44. The summed E-state index contributed by atoms with van der Waals surface area (Å²) < 4.78 is 13.1. The number of carbonyl (C=O) groups is 1. The molecule has 1 unspecified atom stereocenters. The third kappa shape index (κ3) is 3.45. The molecule has 2 aliphatic heterocycles. The van der Waals surface area contributed by atoms with Crippen molar-refractivity contribution in [1.82, 2.24) is 15.5 Å². The minimum absolute atomic E-state index is 0.0414. The van der Waals surface area contributed by atoms with E-state index in [0.717, 1.165) is 41.7 Å². The number of H-pyrrole nitrogens is 1. The number of benzene rings is 2. The van der Waals surface area contributed by atoms with Crippen LogP contribution in [0, 0.1) is 11.7 Å². The molecule has 0 spiro atoms. The lowest BCUT2D eigenvalue weighted by Gasteiger charge is -2.32. The highest BCUT2D eigenvalue weighted by Crippen LogP contribution is 2.29. The van der Waals surface area contributed by atoms with Crippen LogP contribution in [0.2, 0.25) is 0 Å². The summed E-state index contributed by atoms with van der Waals surface area (Å²) >= 11 is 0. The summed E-state index contributed by atoms with van der Waals surface area (Å²) in [6.07, 6.45) is 5.61. The molecule has 2 N–H and O–H groups in total.